The van der Waals surface area contributed by atoms with Crippen LogP contribution >= 0.6 is 11.3 Å². The van der Waals surface area contributed by atoms with Crippen molar-refractivity contribution in [2.24, 2.45) is 0 Å². The van der Waals surface area contributed by atoms with Crippen LogP contribution in [0.25, 0.3) is 21.6 Å². The lowest BCUT2D eigenvalue weighted by molar-refractivity contribution is 0.0696. The van der Waals surface area contributed by atoms with E-state index in [2.05, 4.69) is 15.0 Å². The number of nitrogen functional groups attached to an aromatic ring is 1. The first-order valence-corrected chi connectivity index (χ1v) is 6.65. The van der Waals surface area contributed by atoms with Gasteiger partial charge in [0.25, 0.3) is 0 Å². The zero-order valence-corrected chi connectivity index (χ0v) is 11.3. The SMILES string of the molecule is Cc1nc(-c2cnc3ccsc3c2)nc(N)c1C(=O)O. The number of aryl methyl sites for hydroxylation is 1. The summed E-state index contributed by atoms with van der Waals surface area (Å²) in [6.45, 7) is 1.60. The molecular weight excluding hydrogens is 276 g/mol. The molecule has 100 valence electrons. The maximum Gasteiger partial charge on any atom is 0.341 e. The first-order valence-electron chi connectivity index (χ1n) is 5.77. The highest BCUT2D eigenvalue weighted by Gasteiger charge is 2.16. The third-order valence-electron chi connectivity index (χ3n) is 2.89. The first kappa shape index (κ1) is 12.5. The van der Waals surface area contributed by atoms with Gasteiger partial charge in [-0.3, -0.25) is 4.98 Å². The van der Waals surface area contributed by atoms with Gasteiger partial charge >= 0.3 is 5.97 Å². The quantitative estimate of drug-likeness (QED) is 0.749. The van der Waals surface area contributed by atoms with Crippen LogP contribution in [0.1, 0.15) is 16.1 Å². The standard InChI is InChI=1S/C13H10N4O2S/c1-6-10(13(18)19)11(14)17-12(16-6)7-4-9-8(15-5-7)2-3-20-9/h2-5H,1H3,(H,18,19)(H2,14,16,17). The Morgan fingerprint density at radius 1 is 1.40 bits per heavy atom. The number of rotatable bonds is 2. The maximum atomic E-state index is 11.1. The normalized spacial score (nSPS) is 10.8. The van der Waals surface area contributed by atoms with Gasteiger partial charge in [0.1, 0.15) is 11.4 Å². The highest BCUT2D eigenvalue weighted by atomic mass is 32.1. The summed E-state index contributed by atoms with van der Waals surface area (Å²) in [7, 11) is 0. The van der Waals surface area contributed by atoms with Crippen molar-refractivity contribution in [1.82, 2.24) is 15.0 Å². The Kier molecular flexibility index (Phi) is 2.83. The van der Waals surface area contributed by atoms with E-state index in [0.717, 1.165) is 10.2 Å². The molecule has 0 amide bonds. The van der Waals surface area contributed by atoms with Crippen LogP contribution in [0.4, 0.5) is 5.82 Å². The second-order valence-electron chi connectivity index (χ2n) is 4.23. The van der Waals surface area contributed by atoms with Crippen molar-refractivity contribution in [3.63, 3.8) is 0 Å². The Bertz CT molecular complexity index is 805. The zero-order valence-electron chi connectivity index (χ0n) is 10.5. The van der Waals surface area contributed by atoms with Crippen LogP contribution in [-0.4, -0.2) is 26.0 Å². The largest absolute Gasteiger partial charge is 0.477 e. The molecule has 0 aliphatic rings. The molecule has 0 unspecified atom stereocenters. The summed E-state index contributed by atoms with van der Waals surface area (Å²) >= 11 is 1.57. The molecule has 0 spiro atoms. The van der Waals surface area contributed by atoms with Gasteiger partial charge in [-0.05, 0) is 24.4 Å². The molecule has 0 radical (unpaired) electrons. The number of thiophene rings is 1. The number of fused-ring (bicyclic) bond motifs is 1. The molecular formula is C13H10N4O2S. The molecule has 3 aromatic rings. The third-order valence-corrected chi connectivity index (χ3v) is 3.75. The molecule has 3 N–H and O–H groups in total. The number of aromatic carboxylic acids is 1. The van der Waals surface area contributed by atoms with Crippen molar-refractivity contribution in [3.8, 4) is 11.4 Å². The minimum atomic E-state index is -1.13. The van der Waals surface area contributed by atoms with E-state index in [0.29, 0.717) is 17.1 Å². The van der Waals surface area contributed by atoms with E-state index < -0.39 is 5.97 Å². The minimum Gasteiger partial charge on any atom is -0.477 e. The number of nitrogens with two attached hydrogens (primary N) is 1. The second kappa shape index (κ2) is 4.53. The molecule has 20 heavy (non-hydrogen) atoms. The predicted molar refractivity (Wildman–Crippen MR) is 76.8 cm³/mol. The number of aromatic nitrogens is 3. The number of carbonyl (C=O) groups is 1. The molecule has 0 aliphatic carbocycles. The fourth-order valence-electron chi connectivity index (χ4n) is 1.96. The lowest BCUT2D eigenvalue weighted by Crippen LogP contribution is -2.10. The maximum absolute atomic E-state index is 11.1. The van der Waals surface area contributed by atoms with Crippen molar-refractivity contribution in [2.75, 3.05) is 5.73 Å². The van der Waals surface area contributed by atoms with E-state index >= 15 is 0 Å². The van der Waals surface area contributed by atoms with E-state index in [1.165, 1.54) is 0 Å². The summed E-state index contributed by atoms with van der Waals surface area (Å²) in [5.41, 5.74) is 7.61. The third kappa shape index (κ3) is 1.97. The monoisotopic (exact) mass is 286 g/mol. The molecule has 3 rings (SSSR count). The van der Waals surface area contributed by atoms with Crippen LogP contribution in [-0.2, 0) is 0 Å². The van der Waals surface area contributed by atoms with Crippen LogP contribution in [0.3, 0.4) is 0 Å². The Balaban J connectivity index is 2.16. The Hall–Kier alpha value is -2.54. The van der Waals surface area contributed by atoms with Gasteiger partial charge in [0.2, 0.25) is 0 Å². The number of hydrogen-bond acceptors (Lipinski definition) is 6. The molecule has 0 aliphatic heterocycles. The first-order chi connectivity index (χ1) is 9.56. The summed E-state index contributed by atoms with van der Waals surface area (Å²) in [6, 6.07) is 3.85. The van der Waals surface area contributed by atoms with Crippen molar-refractivity contribution in [2.45, 2.75) is 6.92 Å². The van der Waals surface area contributed by atoms with Gasteiger partial charge in [-0.15, -0.1) is 11.3 Å². The highest BCUT2D eigenvalue weighted by molar-refractivity contribution is 7.17. The van der Waals surface area contributed by atoms with Gasteiger partial charge in [-0.2, -0.15) is 0 Å². The molecule has 6 nitrogen and oxygen atoms in total. The van der Waals surface area contributed by atoms with Gasteiger partial charge in [0, 0.05) is 11.8 Å². The lowest BCUT2D eigenvalue weighted by atomic mass is 10.2. The molecule has 3 aromatic heterocycles. The van der Waals surface area contributed by atoms with Gasteiger partial charge in [0.05, 0.1) is 15.9 Å². The van der Waals surface area contributed by atoms with Gasteiger partial charge in [-0.1, -0.05) is 0 Å². The summed E-state index contributed by atoms with van der Waals surface area (Å²) in [5.74, 6) is -0.780. The summed E-state index contributed by atoms with van der Waals surface area (Å²) in [5, 5.41) is 11.0. The zero-order chi connectivity index (χ0) is 14.3. The highest BCUT2D eigenvalue weighted by Crippen LogP contribution is 2.25. The Morgan fingerprint density at radius 2 is 2.20 bits per heavy atom. The minimum absolute atomic E-state index is 0.0359. The van der Waals surface area contributed by atoms with Crippen molar-refractivity contribution < 1.29 is 9.90 Å². The number of pyridine rings is 1. The topological polar surface area (TPSA) is 102 Å². The van der Waals surface area contributed by atoms with Crippen LogP contribution in [0.5, 0.6) is 0 Å². The molecule has 0 saturated heterocycles. The van der Waals surface area contributed by atoms with Crippen LogP contribution in [0.2, 0.25) is 0 Å². The van der Waals surface area contributed by atoms with E-state index in [1.807, 2.05) is 17.5 Å². The van der Waals surface area contributed by atoms with Crippen molar-refractivity contribution in [1.29, 1.82) is 0 Å². The molecule has 0 saturated carbocycles. The predicted octanol–water partition coefficient (Wildman–Crippen LogP) is 2.34. The molecule has 3 heterocycles. The molecule has 0 aromatic carbocycles. The molecule has 0 bridgehead atoms. The fraction of sp³-hybridized carbons (Fsp3) is 0.0769. The average molecular weight is 286 g/mol. The number of carboxylic acids is 1. The van der Waals surface area contributed by atoms with Crippen molar-refractivity contribution in [3.05, 3.63) is 35.0 Å². The van der Waals surface area contributed by atoms with E-state index in [-0.39, 0.29) is 11.4 Å². The number of hydrogen-bond donors (Lipinski definition) is 2. The summed E-state index contributed by atoms with van der Waals surface area (Å²) in [4.78, 5) is 23.6. The molecule has 7 heteroatoms. The van der Waals surface area contributed by atoms with Gasteiger partial charge < -0.3 is 10.8 Å². The second-order valence-corrected chi connectivity index (χ2v) is 5.17. The van der Waals surface area contributed by atoms with Crippen molar-refractivity contribution >= 4 is 33.3 Å². The lowest BCUT2D eigenvalue weighted by Gasteiger charge is -2.07. The number of carboxylic acid groups (broad SMARTS) is 1. The number of anilines is 1. The van der Waals surface area contributed by atoms with E-state index in [4.69, 9.17) is 10.8 Å². The van der Waals surface area contributed by atoms with E-state index in [1.54, 1.807) is 24.5 Å². The molecule has 0 fully saturated rings. The van der Waals surface area contributed by atoms with Gasteiger partial charge in [-0.25, -0.2) is 14.8 Å². The number of nitrogens with zero attached hydrogens (tertiary/aromatic N) is 3. The van der Waals surface area contributed by atoms with Crippen LogP contribution < -0.4 is 5.73 Å². The Morgan fingerprint density at radius 3 is 2.90 bits per heavy atom. The van der Waals surface area contributed by atoms with Crippen LogP contribution in [0, 0.1) is 6.92 Å². The fourth-order valence-corrected chi connectivity index (χ4v) is 2.74. The summed E-state index contributed by atoms with van der Waals surface area (Å²) in [6.07, 6.45) is 1.66. The molecule has 0 atom stereocenters. The smallest absolute Gasteiger partial charge is 0.341 e. The summed E-state index contributed by atoms with van der Waals surface area (Å²) < 4.78 is 1.02. The van der Waals surface area contributed by atoms with E-state index in [9.17, 15) is 4.79 Å². The Labute approximate surface area is 117 Å². The van der Waals surface area contributed by atoms with Gasteiger partial charge in [0.15, 0.2) is 5.82 Å². The average Bonchev–Trinajstić information content (AvgIpc) is 2.84. The van der Waals surface area contributed by atoms with Crippen LogP contribution in [0.15, 0.2) is 23.7 Å².